The van der Waals surface area contributed by atoms with E-state index < -0.39 is 35.1 Å². The Balaban J connectivity index is 2.43. The molecule has 0 bridgehead atoms. The first-order chi connectivity index (χ1) is 11.5. The van der Waals surface area contributed by atoms with Gasteiger partial charge in [-0.1, -0.05) is 12.1 Å². The molecule has 3 nitrogen and oxygen atoms in total. The molecule has 0 unspecified atom stereocenters. The monoisotopic (exact) mass is 363 g/mol. The third-order valence-electron chi connectivity index (χ3n) is 3.20. The largest absolute Gasteiger partial charge is 0.496 e. The van der Waals surface area contributed by atoms with Crippen molar-refractivity contribution in [3.63, 3.8) is 0 Å². The Labute approximate surface area is 138 Å². The minimum atomic E-state index is -4.99. The summed E-state index contributed by atoms with van der Waals surface area (Å²) in [5.41, 5.74) is -3.69. The van der Waals surface area contributed by atoms with E-state index in [4.69, 9.17) is 4.74 Å². The van der Waals surface area contributed by atoms with E-state index in [1.54, 1.807) is 6.07 Å². The molecule has 1 amide bonds. The lowest BCUT2D eigenvalue weighted by Gasteiger charge is -2.15. The molecule has 1 N–H and O–H groups in total. The zero-order valence-corrected chi connectivity index (χ0v) is 12.6. The molecule has 0 saturated carbocycles. The van der Waals surface area contributed by atoms with Crippen molar-refractivity contribution in [1.82, 2.24) is 0 Å². The second-order valence-corrected chi connectivity index (χ2v) is 4.95. The zero-order chi connectivity index (χ0) is 18.8. The molecule has 0 aromatic heterocycles. The van der Waals surface area contributed by atoms with Gasteiger partial charge in [0.25, 0.3) is 5.91 Å². The first-order valence-corrected chi connectivity index (χ1v) is 6.76. The second-order valence-electron chi connectivity index (χ2n) is 4.95. The van der Waals surface area contributed by atoms with Crippen molar-refractivity contribution in [3.05, 3.63) is 59.2 Å². The Morgan fingerprint density at radius 1 is 0.920 bits per heavy atom. The van der Waals surface area contributed by atoms with Crippen LogP contribution in [0.4, 0.5) is 32.0 Å². The first kappa shape index (κ1) is 18.6. The number of methoxy groups -OCH3 is 1. The van der Waals surface area contributed by atoms with Gasteiger partial charge in [0.1, 0.15) is 5.75 Å². The van der Waals surface area contributed by atoms with Crippen molar-refractivity contribution in [2.75, 3.05) is 12.4 Å². The first-order valence-electron chi connectivity index (χ1n) is 6.76. The fourth-order valence-corrected chi connectivity index (χ4v) is 2.06. The number of halogens is 6. The molecule has 0 fully saturated rings. The molecule has 0 aliphatic rings. The molecule has 0 spiro atoms. The molecule has 134 valence electrons. The summed E-state index contributed by atoms with van der Waals surface area (Å²) in [4.78, 5) is 12.2. The van der Waals surface area contributed by atoms with Crippen molar-refractivity contribution in [1.29, 1.82) is 0 Å². The van der Waals surface area contributed by atoms with Crippen molar-refractivity contribution >= 4 is 11.6 Å². The van der Waals surface area contributed by atoms with Gasteiger partial charge in [-0.25, -0.2) is 0 Å². The van der Waals surface area contributed by atoms with Gasteiger partial charge >= 0.3 is 12.4 Å². The topological polar surface area (TPSA) is 38.3 Å². The van der Waals surface area contributed by atoms with Crippen LogP contribution in [0.5, 0.6) is 5.75 Å². The summed E-state index contributed by atoms with van der Waals surface area (Å²) in [6.45, 7) is 0. The highest BCUT2D eigenvalue weighted by atomic mass is 19.4. The molecule has 25 heavy (non-hydrogen) atoms. The standard InChI is InChI=1S/C16H11F6NO2/c1-25-13-5-3-2-4-12(13)14(24)23-11-7-9(15(17,18)19)6-10(8-11)16(20,21)22/h2-8H,1H3,(H,23,24). The smallest absolute Gasteiger partial charge is 0.416 e. The van der Waals surface area contributed by atoms with Crippen LogP contribution in [0.2, 0.25) is 0 Å². The molecule has 9 heteroatoms. The molecule has 0 heterocycles. The highest BCUT2D eigenvalue weighted by molar-refractivity contribution is 6.06. The molecular formula is C16H11F6NO2. The summed E-state index contributed by atoms with van der Waals surface area (Å²) in [6, 6.07) is 6.64. The Bertz CT molecular complexity index is 751. The fraction of sp³-hybridized carbons (Fsp3) is 0.188. The van der Waals surface area contributed by atoms with Crippen LogP contribution in [0.1, 0.15) is 21.5 Å². The lowest BCUT2D eigenvalue weighted by Crippen LogP contribution is -2.16. The van der Waals surface area contributed by atoms with E-state index in [0.717, 1.165) is 0 Å². The molecule has 0 radical (unpaired) electrons. The van der Waals surface area contributed by atoms with E-state index in [-0.39, 0.29) is 17.4 Å². The van der Waals surface area contributed by atoms with Gasteiger partial charge in [0.2, 0.25) is 0 Å². The normalized spacial score (nSPS) is 12.0. The van der Waals surface area contributed by atoms with Gasteiger partial charge in [0.05, 0.1) is 23.8 Å². The molecule has 0 aliphatic heterocycles. The average Bonchev–Trinajstić information content (AvgIpc) is 2.52. The van der Waals surface area contributed by atoms with Crippen molar-refractivity contribution in [3.8, 4) is 5.75 Å². The van der Waals surface area contributed by atoms with Crippen LogP contribution in [0.25, 0.3) is 0 Å². The molecule has 2 aromatic carbocycles. The van der Waals surface area contributed by atoms with Crippen LogP contribution >= 0.6 is 0 Å². The van der Waals surface area contributed by atoms with E-state index in [0.29, 0.717) is 12.1 Å². The van der Waals surface area contributed by atoms with Gasteiger partial charge in [-0.15, -0.1) is 0 Å². The number of amides is 1. The molecular weight excluding hydrogens is 352 g/mol. The lowest BCUT2D eigenvalue weighted by atomic mass is 10.1. The van der Waals surface area contributed by atoms with Crippen LogP contribution in [0.3, 0.4) is 0 Å². The molecule has 0 saturated heterocycles. The van der Waals surface area contributed by atoms with E-state index in [1.807, 2.05) is 5.32 Å². The van der Waals surface area contributed by atoms with Crippen LogP contribution in [0.15, 0.2) is 42.5 Å². The Hall–Kier alpha value is -2.71. The average molecular weight is 363 g/mol. The third-order valence-corrected chi connectivity index (χ3v) is 3.20. The molecule has 0 atom stereocenters. The number of para-hydroxylation sites is 1. The van der Waals surface area contributed by atoms with Gasteiger partial charge in [-0.05, 0) is 30.3 Å². The Morgan fingerprint density at radius 3 is 1.92 bits per heavy atom. The summed E-state index contributed by atoms with van der Waals surface area (Å²) in [6.07, 6.45) is -9.99. The number of carbonyl (C=O) groups is 1. The maximum absolute atomic E-state index is 12.8. The van der Waals surface area contributed by atoms with Crippen molar-refractivity contribution in [2.24, 2.45) is 0 Å². The number of hydrogen-bond donors (Lipinski definition) is 1. The van der Waals surface area contributed by atoms with Crippen LogP contribution in [0, 0.1) is 0 Å². The van der Waals surface area contributed by atoms with Crippen LogP contribution in [-0.2, 0) is 12.4 Å². The highest BCUT2D eigenvalue weighted by Crippen LogP contribution is 2.37. The predicted molar refractivity (Wildman–Crippen MR) is 77.4 cm³/mol. The summed E-state index contributed by atoms with van der Waals surface area (Å²) < 4.78 is 81.8. The van der Waals surface area contributed by atoms with Gasteiger partial charge in [0, 0.05) is 5.69 Å². The zero-order valence-electron chi connectivity index (χ0n) is 12.6. The minimum absolute atomic E-state index is 0.0151. The maximum atomic E-state index is 12.8. The summed E-state index contributed by atoms with van der Waals surface area (Å²) in [7, 11) is 1.28. The summed E-state index contributed by atoms with van der Waals surface area (Å²) in [5.74, 6) is -0.770. The fourth-order valence-electron chi connectivity index (χ4n) is 2.06. The quantitative estimate of drug-likeness (QED) is 0.781. The highest BCUT2D eigenvalue weighted by Gasteiger charge is 2.37. The third kappa shape index (κ3) is 4.43. The number of anilines is 1. The number of carbonyl (C=O) groups excluding carboxylic acids is 1. The minimum Gasteiger partial charge on any atom is -0.496 e. The number of rotatable bonds is 3. The van der Waals surface area contributed by atoms with Gasteiger partial charge in [-0.2, -0.15) is 26.3 Å². The van der Waals surface area contributed by atoms with Crippen LogP contribution in [-0.4, -0.2) is 13.0 Å². The summed E-state index contributed by atoms with van der Waals surface area (Å²) in [5, 5.41) is 2.04. The van der Waals surface area contributed by atoms with Gasteiger partial charge < -0.3 is 10.1 Å². The number of nitrogens with one attached hydrogen (secondary N) is 1. The summed E-state index contributed by atoms with van der Waals surface area (Å²) >= 11 is 0. The predicted octanol–water partition coefficient (Wildman–Crippen LogP) is 4.99. The number of alkyl halides is 6. The van der Waals surface area contributed by atoms with E-state index in [1.165, 1.54) is 25.3 Å². The molecule has 2 aromatic rings. The van der Waals surface area contributed by atoms with Crippen molar-refractivity contribution < 1.29 is 35.9 Å². The Morgan fingerprint density at radius 2 is 1.44 bits per heavy atom. The Kier molecular flexibility index (Phi) is 4.96. The van der Waals surface area contributed by atoms with E-state index in [2.05, 4.69) is 0 Å². The van der Waals surface area contributed by atoms with E-state index in [9.17, 15) is 31.1 Å². The number of hydrogen-bond acceptors (Lipinski definition) is 2. The van der Waals surface area contributed by atoms with Gasteiger partial charge in [0.15, 0.2) is 0 Å². The second kappa shape index (κ2) is 6.66. The number of benzene rings is 2. The van der Waals surface area contributed by atoms with Gasteiger partial charge in [-0.3, -0.25) is 4.79 Å². The van der Waals surface area contributed by atoms with E-state index >= 15 is 0 Å². The van der Waals surface area contributed by atoms with Crippen LogP contribution < -0.4 is 10.1 Å². The SMILES string of the molecule is COc1ccccc1C(=O)Nc1cc(C(F)(F)F)cc(C(F)(F)F)c1. The lowest BCUT2D eigenvalue weighted by molar-refractivity contribution is -0.143. The molecule has 0 aliphatic carbocycles. The van der Waals surface area contributed by atoms with Crippen molar-refractivity contribution in [2.45, 2.75) is 12.4 Å². The number of ether oxygens (including phenoxy) is 1. The molecule has 2 rings (SSSR count). The maximum Gasteiger partial charge on any atom is 0.416 e.